The van der Waals surface area contributed by atoms with Gasteiger partial charge in [0.2, 0.25) is 0 Å². The zero-order chi connectivity index (χ0) is 12.6. The van der Waals surface area contributed by atoms with Crippen LogP contribution < -0.4 is 16.0 Å². The fraction of sp³-hybridized carbons (Fsp3) is 0.600. The fourth-order valence-corrected chi connectivity index (χ4v) is 3.56. The molecule has 0 spiro atoms. The lowest BCUT2D eigenvalue weighted by Crippen LogP contribution is -2.38. The van der Waals surface area contributed by atoms with Gasteiger partial charge in [0.15, 0.2) is 0 Å². The lowest BCUT2D eigenvalue weighted by molar-refractivity contribution is 0.225. The Labute approximate surface area is 109 Å². The van der Waals surface area contributed by atoms with E-state index in [-0.39, 0.29) is 6.04 Å². The van der Waals surface area contributed by atoms with Gasteiger partial charge in [0.05, 0.1) is 12.6 Å². The van der Waals surface area contributed by atoms with Crippen LogP contribution in [0.1, 0.15) is 49.8 Å². The number of rotatable bonds is 3. The average molecular weight is 246 g/mol. The summed E-state index contributed by atoms with van der Waals surface area (Å²) in [5.41, 5.74) is 5.98. The lowest BCUT2D eigenvalue weighted by Gasteiger charge is -2.34. The molecule has 18 heavy (non-hydrogen) atoms. The molecule has 1 aromatic rings. The van der Waals surface area contributed by atoms with Crippen molar-refractivity contribution in [2.75, 3.05) is 6.61 Å². The molecule has 1 fully saturated rings. The molecule has 1 unspecified atom stereocenters. The molecule has 3 nitrogen and oxygen atoms in total. The van der Waals surface area contributed by atoms with Crippen molar-refractivity contribution in [3.8, 4) is 5.75 Å². The summed E-state index contributed by atoms with van der Waals surface area (Å²) in [6.07, 6.45) is 6.19. The van der Waals surface area contributed by atoms with Crippen LogP contribution in [0.3, 0.4) is 0 Å². The summed E-state index contributed by atoms with van der Waals surface area (Å²) in [7, 11) is 0. The number of nitrogens with two attached hydrogens (primary N) is 1. The molecule has 3 heteroatoms. The molecule has 0 saturated heterocycles. The molecule has 0 amide bonds. The van der Waals surface area contributed by atoms with Gasteiger partial charge in [-0.3, -0.25) is 11.3 Å². The molecule has 0 radical (unpaired) electrons. The smallest absolute Gasteiger partial charge is 0.122 e. The Kier molecular flexibility index (Phi) is 3.04. The summed E-state index contributed by atoms with van der Waals surface area (Å²) < 4.78 is 5.57. The molecular weight excluding hydrogens is 224 g/mol. The molecule has 0 aromatic heterocycles. The van der Waals surface area contributed by atoms with Crippen molar-refractivity contribution in [2.45, 2.75) is 45.1 Å². The van der Waals surface area contributed by atoms with Crippen molar-refractivity contribution in [1.29, 1.82) is 0 Å². The first-order valence-corrected chi connectivity index (χ1v) is 6.95. The summed E-state index contributed by atoms with van der Waals surface area (Å²) in [5, 5.41) is 0. The van der Waals surface area contributed by atoms with Crippen LogP contribution in [0.25, 0.3) is 0 Å². The lowest BCUT2D eigenvalue weighted by atomic mass is 9.77. The molecule has 1 saturated carbocycles. The van der Waals surface area contributed by atoms with Gasteiger partial charge in [-0.1, -0.05) is 31.9 Å². The predicted molar refractivity (Wildman–Crippen MR) is 72.3 cm³/mol. The van der Waals surface area contributed by atoms with Crippen LogP contribution in [0.4, 0.5) is 0 Å². The van der Waals surface area contributed by atoms with Crippen molar-refractivity contribution < 1.29 is 4.74 Å². The highest BCUT2D eigenvalue weighted by Gasteiger charge is 2.37. The van der Waals surface area contributed by atoms with Gasteiger partial charge in [-0.25, -0.2) is 0 Å². The average Bonchev–Trinajstić information content (AvgIpc) is 2.98. The van der Waals surface area contributed by atoms with E-state index in [0.29, 0.717) is 5.41 Å². The molecule has 1 aliphatic carbocycles. The minimum atomic E-state index is 0.255. The number of hydrogen-bond donors (Lipinski definition) is 2. The standard InChI is InChI=1S/C15H22N2O/c1-15(7-2-3-8-15)14(17-16)12-4-5-13-11(10-12)6-9-18-13/h4-5,10,14,17H,2-3,6-9,16H2,1H3. The minimum Gasteiger partial charge on any atom is -0.493 e. The first-order valence-electron chi connectivity index (χ1n) is 6.95. The number of benzene rings is 1. The second kappa shape index (κ2) is 4.56. The zero-order valence-corrected chi connectivity index (χ0v) is 11.0. The normalized spacial score (nSPS) is 22.6. The molecule has 1 aliphatic heterocycles. The SMILES string of the molecule is CC1(C(NN)c2ccc3c(c2)CCO3)CCCC1. The Morgan fingerprint density at radius 3 is 2.83 bits per heavy atom. The highest BCUT2D eigenvalue weighted by molar-refractivity contribution is 5.41. The van der Waals surface area contributed by atoms with Crippen LogP contribution >= 0.6 is 0 Å². The summed E-state index contributed by atoms with van der Waals surface area (Å²) in [5.74, 6) is 6.88. The van der Waals surface area contributed by atoms with Gasteiger partial charge in [-0.05, 0) is 35.4 Å². The van der Waals surface area contributed by atoms with E-state index in [1.807, 2.05) is 0 Å². The molecule has 3 rings (SSSR count). The van der Waals surface area contributed by atoms with Gasteiger partial charge in [-0.2, -0.15) is 0 Å². The van der Waals surface area contributed by atoms with Gasteiger partial charge in [0.25, 0.3) is 0 Å². The monoisotopic (exact) mass is 246 g/mol. The van der Waals surface area contributed by atoms with Gasteiger partial charge >= 0.3 is 0 Å². The summed E-state index contributed by atoms with van der Waals surface area (Å²) >= 11 is 0. The van der Waals surface area contributed by atoms with Crippen molar-refractivity contribution in [1.82, 2.24) is 5.43 Å². The Morgan fingerprint density at radius 1 is 1.33 bits per heavy atom. The highest BCUT2D eigenvalue weighted by atomic mass is 16.5. The van der Waals surface area contributed by atoms with Crippen LogP contribution in [-0.2, 0) is 6.42 Å². The quantitative estimate of drug-likeness (QED) is 0.637. The summed E-state index contributed by atoms with van der Waals surface area (Å²) in [6, 6.07) is 6.79. The van der Waals surface area contributed by atoms with E-state index < -0.39 is 0 Å². The number of ether oxygens (including phenoxy) is 1. The minimum absolute atomic E-state index is 0.255. The molecule has 1 heterocycles. The maximum atomic E-state index is 5.83. The highest BCUT2D eigenvalue weighted by Crippen LogP contribution is 2.47. The Morgan fingerprint density at radius 2 is 2.11 bits per heavy atom. The Bertz CT molecular complexity index is 438. The molecule has 2 aliphatic rings. The topological polar surface area (TPSA) is 47.3 Å². The van der Waals surface area contributed by atoms with Crippen LogP contribution in [0.2, 0.25) is 0 Å². The van der Waals surface area contributed by atoms with E-state index in [1.165, 1.54) is 36.8 Å². The first kappa shape index (κ1) is 12.0. The van der Waals surface area contributed by atoms with Gasteiger partial charge in [-0.15, -0.1) is 0 Å². The second-order valence-electron chi connectivity index (χ2n) is 5.93. The molecular formula is C15H22N2O. The van der Waals surface area contributed by atoms with Crippen LogP contribution in [0.15, 0.2) is 18.2 Å². The molecule has 3 N–H and O–H groups in total. The number of hydrogen-bond acceptors (Lipinski definition) is 3. The van der Waals surface area contributed by atoms with Gasteiger partial charge < -0.3 is 4.74 Å². The predicted octanol–water partition coefficient (Wildman–Crippen LogP) is 2.71. The maximum absolute atomic E-state index is 5.83. The third-order valence-electron chi connectivity index (χ3n) is 4.66. The van der Waals surface area contributed by atoms with E-state index in [4.69, 9.17) is 10.6 Å². The van der Waals surface area contributed by atoms with E-state index in [0.717, 1.165) is 18.8 Å². The van der Waals surface area contributed by atoms with E-state index in [9.17, 15) is 0 Å². The van der Waals surface area contributed by atoms with Crippen molar-refractivity contribution in [2.24, 2.45) is 11.3 Å². The van der Waals surface area contributed by atoms with Crippen molar-refractivity contribution >= 4 is 0 Å². The molecule has 98 valence electrons. The van der Waals surface area contributed by atoms with E-state index in [1.54, 1.807) is 0 Å². The third-order valence-corrected chi connectivity index (χ3v) is 4.66. The van der Waals surface area contributed by atoms with Gasteiger partial charge in [0.1, 0.15) is 5.75 Å². The fourth-order valence-electron chi connectivity index (χ4n) is 3.56. The number of fused-ring (bicyclic) bond motifs is 1. The largest absolute Gasteiger partial charge is 0.493 e. The van der Waals surface area contributed by atoms with E-state index in [2.05, 4.69) is 30.5 Å². The van der Waals surface area contributed by atoms with Crippen molar-refractivity contribution in [3.05, 3.63) is 29.3 Å². The van der Waals surface area contributed by atoms with Crippen molar-refractivity contribution in [3.63, 3.8) is 0 Å². The third kappa shape index (κ3) is 1.91. The Balaban J connectivity index is 1.92. The van der Waals surface area contributed by atoms with Crippen LogP contribution in [-0.4, -0.2) is 6.61 Å². The maximum Gasteiger partial charge on any atom is 0.122 e. The first-order chi connectivity index (χ1) is 8.73. The molecule has 1 atom stereocenters. The van der Waals surface area contributed by atoms with Crippen LogP contribution in [0.5, 0.6) is 5.75 Å². The van der Waals surface area contributed by atoms with E-state index >= 15 is 0 Å². The number of nitrogens with one attached hydrogen (secondary N) is 1. The Hall–Kier alpha value is -1.06. The molecule has 0 bridgehead atoms. The van der Waals surface area contributed by atoms with Crippen LogP contribution in [0, 0.1) is 5.41 Å². The second-order valence-corrected chi connectivity index (χ2v) is 5.93. The summed E-state index contributed by atoms with van der Waals surface area (Å²) in [6.45, 7) is 3.17. The number of hydrazine groups is 1. The molecule has 1 aromatic carbocycles. The van der Waals surface area contributed by atoms with Gasteiger partial charge in [0, 0.05) is 6.42 Å². The zero-order valence-electron chi connectivity index (χ0n) is 11.0. The summed E-state index contributed by atoms with van der Waals surface area (Å²) in [4.78, 5) is 0.